The van der Waals surface area contributed by atoms with E-state index in [2.05, 4.69) is 15.3 Å². The summed E-state index contributed by atoms with van der Waals surface area (Å²) in [6.07, 6.45) is 4.03. The molecule has 6 nitrogen and oxygen atoms in total. The molecule has 3 heterocycles. The summed E-state index contributed by atoms with van der Waals surface area (Å²) in [6.45, 7) is 0.993. The Morgan fingerprint density at radius 3 is 2.81 bits per heavy atom. The highest BCUT2D eigenvalue weighted by Crippen LogP contribution is 2.31. The molecular weight excluding hydrogens is 330 g/mol. The largest absolute Gasteiger partial charge is 0.486 e. The molecule has 6 heteroatoms. The summed E-state index contributed by atoms with van der Waals surface area (Å²) >= 11 is 0. The Balaban J connectivity index is 1.28. The average Bonchev–Trinajstić information content (AvgIpc) is 3.23. The molecule has 0 saturated carbocycles. The molecule has 0 unspecified atom stereocenters. The van der Waals surface area contributed by atoms with Crippen molar-refractivity contribution in [2.24, 2.45) is 0 Å². The van der Waals surface area contributed by atoms with Gasteiger partial charge in [0, 0.05) is 25.4 Å². The van der Waals surface area contributed by atoms with Crippen molar-refractivity contribution in [1.29, 1.82) is 0 Å². The summed E-state index contributed by atoms with van der Waals surface area (Å²) in [5, 5.41) is 2.90. The van der Waals surface area contributed by atoms with E-state index >= 15 is 0 Å². The summed E-state index contributed by atoms with van der Waals surface area (Å²) < 4.78 is 11.6. The molecule has 132 valence electrons. The van der Waals surface area contributed by atoms with Gasteiger partial charge in [0.2, 0.25) is 0 Å². The van der Waals surface area contributed by atoms with Crippen LogP contribution in [-0.4, -0.2) is 35.1 Å². The van der Waals surface area contributed by atoms with Gasteiger partial charge < -0.3 is 19.8 Å². The quantitative estimate of drug-likeness (QED) is 0.742. The van der Waals surface area contributed by atoms with Gasteiger partial charge in [-0.05, 0) is 36.4 Å². The number of nitrogens with zero attached hydrogens (tertiary/aromatic N) is 1. The number of pyridine rings is 1. The van der Waals surface area contributed by atoms with Crippen LogP contribution in [0.2, 0.25) is 0 Å². The minimum Gasteiger partial charge on any atom is -0.486 e. The fraction of sp³-hybridized carbons (Fsp3) is 0.200. The second-order valence-corrected chi connectivity index (χ2v) is 6.06. The lowest BCUT2D eigenvalue weighted by atomic mass is 10.2. The van der Waals surface area contributed by atoms with E-state index in [0.29, 0.717) is 25.1 Å². The van der Waals surface area contributed by atoms with E-state index in [0.717, 1.165) is 22.9 Å². The zero-order valence-electron chi connectivity index (χ0n) is 14.1. The number of nitrogens with one attached hydrogen (secondary N) is 2. The number of aromatic amines is 1. The highest BCUT2D eigenvalue weighted by molar-refractivity contribution is 5.94. The Morgan fingerprint density at radius 2 is 2.04 bits per heavy atom. The van der Waals surface area contributed by atoms with E-state index < -0.39 is 0 Å². The second kappa shape index (κ2) is 7.31. The van der Waals surface area contributed by atoms with Crippen molar-refractivity contribution in [1.82, 2.24) is 15.3 Å². The second-order valence-electron chi connectivity index (χ2n) is 6.06. The molecule has 0 fully saturated rings. The van der Waals surface area contributed by atoms with E-state index in [-0.39, 0.29) is 12.0 Å². The minimum atomic E-state index is -0.146. The number of hydrogen-bond acceptors (Lipinski definition) is 4. The molecule has 0 radical (unpaired) electrons. The number of para-hydroxylation sites is 2. The molecule has 2 aromatic heterocycles. The number of fused-ring (bicyclic) bond motifs is 1. The Kier molecular flexibility index (Phi) is 4.55. The number of H-pyrrole nitrogens is 1. The molecule has 1 aliphatic rings. The van der Waals surface area contributed by atoms with Gasteiger partial charge in [0.15, 0.2) is 11.5 Å². The third kappa shape index (κ3) is 3.54. The Hall–Kier alpha value is -3.28. The molecule has 1 aromatic carbocycles. The molecule has 3 aromatic rings. The van der Waals surface area contributed by atoms with E-state index in [1.807, 2.05) is 48.7 Å². The maximum atomic E-state index is 12.3. The maximum Gasteiger partial charge on any atom is 0.252 e. The van der Waals surface area contributed by atoms with Gasteiger partial charge in [-0.15, -0.1) is 0 Å². The molecule has 0 saturated heterocycles. The van der Waals surface area contributed by atoms with Crippen LogP contribution >= 0.6 is 0 Å². The van der Waals surface area contributed by atoms with E-state index in [9.17, 15) is 4.79 Å². The smallest absolute Gasteiger partial charge is 0.252 e. The first-order valence-electron chi connectivity index (χ1n) is 8.56. The first-order chi connectivity index (χ1) is 12.8. The normalized spacial score (nSPS) is 15.5. The summed E-state index contributed by atoms with van der Waals surface area (Å²) in [5.41, 5.74) is 2.26. The van der Waals surface area contributed by atoms with Crippen LogP contribution < -0.4 is 14.8 Å². The van der Waals surface area contributed by atoms with E-state index in [1.54, 1.807) is 12.3 Å². The van der Waals surface area contributed by atoms with Crippen LogP contribution in [0, 0.1) is 0 Å². The SMILES string of the molecule is O=C(NCC[C@H]1COc2ccccc2O1)c1ccc(-c2ccc[nH]2)nc1. The fourth-order valence-corrected chi connectivity index (χ4v) is 2.83. The summed E-state index contributed by atoms with van der Waals surface area (Å²) in [7, 11) is 0. The van der Waals surface area contributed by atoms with Gasteiger partial charge in [0.1, 0.15) is 12.7 Å². The number of hydrogen-bond donors (Lipinski definition) is 2. The molecular formula is C20H19N3O3. The Bertz CT molecular complexity index is 876. The zero-order chi connectivity index (χ0) is 17.8. The van der Waals surface area contributed by atoms with Gasteiger partial charge in [-0.1, -0.05) is 12.1 Å². The topological polar surface area (TPSA) is 76.2 Å². The number of carbonyl (C=O) groups excluding carboxylic acids is 1. The van der Waals surface area contributed by atoms with E-state index in [4.69, 9.17) is 9.47 Å². The summed E-state index contributed by atoms with van der Waals surface area (Å²) in [6, 6.07) is 15.0. The number of aromatic nitrogens is 2. The lowest BCUT2D eigenvalue weighted by Crippen LogP contribution is -2.34. The average molecular weight is 349 g/mol. The van der Waals surface area contributed by atoms with Crippen LogP contribution in [0.3, 0.4) is 0 Å². The predicted octanol–water partition coefficient (Wildman–Crippen LogP) is 3.04. The fourth-order valence-electron chi connectivity index (χ4n) is 2.83. The first kappa shape index (κ1) is 16.2. The van der Waals surface area contributed by atoms with Crippen molar-refractivity contribution in [2.75, 3.05) is 13.2 Å². The Labute approximate surface area is 151 Å². The molecule has 1 aliphatic heterocycles. The van der Waals surface area contributed by atoms with Crippen molar-refractivity contribution in [3.05, 3.63) is 66.5 Å². The molecule has 0 spiro atoms. The van der Waals surface area contributed by atoms with Crippen molar-refractivity contribution < 1.29 is 14.3 Å². The van der Waals surface area contributed by atoms with Gasteiger partial charge in [0.05, 0.1) is 17.0 Å². The van der Waals surface area contributed by atoms with Crippen molar-refractivity contribution >= 4 is 5.91 Å². The molecule has 1 amide bonds. The first-order valence-corrected chi connectivity index (χ1v) is 8.56. The molecule has 4 rings (SSSR count). The molecule has 0 aliphatic carbocycles. The number of ether oxygens (including phenoxy) is 2. The van der Waals surface area contributed by atoms with Crippen molar-refractivity contribution in [2.45, 2.75) is 12.5 Å². The monoisotopic (exact) mass is 349 g/mol. The third-order valence-corrected chi connectivity index (χ3v) is 4.22. The van der Waals surface area contributed by atoms with Crippen LogP contribution in [0.4, 0.5) is 0 Å². The van der Waals surface area contributed by atoms with Crippen LogP contribution in [0.25, 0.3) is 11.4 Å². The van der Waals surface area contributed by atoms with E-state index in [1.165, 1.54) is 0 Å². The summed E-state index contributed by atoms with van der Waals surface area (Å²) in [5.74, 6) is 1.37. The summed E-state index contributed by atoms with van der Waals surface area (Å²) in [4.78, 5) is 19.7. The maximum absolute atomic E-state index is 12.3. The lowest BCUT2D eigenvalue weighted by molar-refractivity contribution is 0.0812. The van der Waals surface area contributed by atoms with Crippen LogP contribution in [0.15, 0.2) is 60.9 Å². The Morgan fingerprint density at radius 1 is 1.15 bits per heavy atom. The van der Waals surface area contributed by atoms with Gasteiger partial charge in [-0.2, -0.15) is 0 Å². The number of benzene rings is 1. The standard InChI is InChI=1S/C20H19N3O3/c24-20(14-7-8-17(23-12-14)16-4-3-10-21-16)22-11-9-15-13-25-18-5-1-2-6-19(18)26-15/h1-8,10,12,15,21H,9,11,13H2,(H,22,24)/t15-/m0/s1. The minimum absolute atomic E-state index is 0.0708. The van der Waals surface area contributed by atoms with Gasteiger partial charge >= 0.3 is 0 Å². The van der Waals surface area contributed by atoms with Crippen LogP contribution in [0.1, 0.15) is 16.8 Å². The van der Waals surface area contributed by atoms with Crippen LogP contribution in [-0.2, 0) is 0 Å². The highest BCUT2D eigenvalue weighted by atomic mass is 16.6. The van der Waals surface area contributed by atoms with Gasteiger partial charge in [-0.25, -0.2) is 0 Å². The lowest BCUT2D eigenvalue weighted by Gasteiger charge is -2.26. The van der Waals surface area contributed by atoms with Crippen molar-refractivity contribution in [3.8, 4) is 22.9 Å². The number of rotatable bonds is 5. The number of amides is 1. The third-order valence-electron chi connectivity index (χ3n) is 4.22. The predicted molar refractivity (Wildman–Crippen MR) is 97.3 cm³/mol. The molecule has 2 N–H and O–H groups in total. The van der Waals surface area contributed by atoms with Gasteiger partial charge in [-0.3, -0.25) is 9.78 Å². The van der Waals surface area contributed by atoms with Crippen LogP contribution in [0.5, 0.6) is 11.5 Å². The molecule has 26 heavy (non-hydrogen) atoms. The number of carbonyl (C=O) groups is 1. The molecule has 0 bridgehead atoms. The highest BCUT2D eigenvalue weighted by Gasteiger charge is 2.20. The molecule has 1 atom stereocenters. The van der Waals surface area contributed by atoms with Gasteiger partial charge in [0.25, 0.3) is 5.91 Å². The van der Waals surface area contributed by atoms with Crippen molar-refractivity contribution in [3.63, 3.8) is 0 Å². The zero-order valence-corrected chi connectivity index (χ0v) is 14.1.